The predicted octanol–water partition coefficient (Wildman–Crippen LogP) is 1.85. The van der Waals surface area contributed by atoms with Gasteiger partial charge in [0.2, 0.25) is 23.6 Å². The van der Waals surface area contributed by atoms with Crippen LogP contribution in [0.15, 0.2) is 30.3 Å². The number of benzene rings is 1. The van der Waals surface area contributed by atoms with E-state index in [1.54, 1.807) is 45.0 Å². The predicted molar refractivity (Wildman–Crippen MR) is 170 cm³/mol. The molecule has 0 aromatic heterocycles. The van der Waals surface area contributed by atoms with Crippen molar-refractivity contribution in [2.75, 3.05) is 13.7 Å². The number of methoxy groups -OCH3 is 1. The van der Waals surface area contributed by atoms with Crippen molar-refractivity contribution in [3.8, 4) is 0 Å². The normalized spacial score (nSPS) is 13.0. The van der Waals surface area contributed by atoms with Crippen molar-refractivity contribution in [3.05, 3.63) is 35.9 Å². The van der Waals surface area contributed by atoms with Crippen molar-refractivity contribution in [2.24, 2.45) is 0 Å². The summed E-state index contributed by atoms with van der Waals surface area (Å²) in [5.41, 5.74) is -5.87. The molecule has 0 spiro atoms. The number of hydrogen-bond acceptors (Lipinski definition) is 9. The fourth-order valence-electron chi connectivity index (χ4n) is 3.62. The summed E-state index contributed by atoms with van der Waals surface area (Å²) in [6.45, 7) is 16.5. The lowest BCUT2D eigenvalue weighted by Gasteiger charge is -2.34. The summed E-state index contributed by atoms with van der Waals surface area (Å²) in [5, 5.41) is 12.8. The molecule has 1 atom stereocenters. The van der Waals surface area contributed by atoms with Crippen LogP contribution >= 0.6 is 0 Å². The van der Waals surface area contributed by atoms with Gasteiger partial charge in [-0.05, 0) is 81.7 Å². The van der Waals surface area contributed by atoms with Gasteiger partial charge in [0.05, 0.1) is 19.3 Å². The molecule has 14 heteroatoms. The lowest BCUT2D eigenvalue weighted by atomic mass is 9.98. The molecule has 1 aromatic rings. The molecule has 0 unspecified atom stereocenters. The molecular weight excluding hydrogens is 598 g/mol. The van der Waals surface area contributed by atoms with Gasteiger partial charge in [-0.1, -0.05) is 30.3 Å². The lowest BCUT2D eigenvalue weighted by molar-refractivity contribution is -0.150. The molecule has 1 aromatic carbocycles. The minimum Gasteiger partial charge on any atom is -0.467 e. The molecule has 46 heavy (non-hydrogen) atoms. The van der Waals surface area contributed by atoms with Crippen molar-refractivity contribution in [1.29, 1.82) is 0 Å². The summed E-state index contributed by atoms with van der Waals surface area (Å²) in [6, 6.07) is 7.72. The number of amides is 5. The largest absolute Gasteiger partial charge is 0.467 e. The number of esters is 1. The third-order valence-electron chi connectivity index (χ3n) is 6.62. The van der Waals surface area contributed by atoms with Crippen LogP contribution < -0.4 is 26.6 Å². The van der Waals surface area contributed by atoms with Crippen molar-refractivity contribution < 1.29 is 43.0 Å². The van der Waals surface area contributed by atoms with Gasteiger partial charge in [-0.15, -0.1) is 0 Å². The standard InChI is InChI=1S/C32H51N5O9/c1-28(2,3)46-19-21(22(38)34-30(6,7)24(40)36-32(10,11)26(42)44-12)33-23(39)29(4,5)35-25(41)31(8,9)37-27(43)45-18-20-16-14-13-15-17-20/h13-17,21H,18-19H2,1-12H3,(H,33,39)(H,34,38)(H,35,41)(H,36,40)(H,37,43)/t21-/m0/s1. The maximum absolute atomic E-state index is 13.4. The van der Waals surface area contributed by atoms with Crippen molar-refractivity contribution >= 4 is 35.7 Å². The van der Waals surface area contributed by atoms with E-state index in [1.165, 1.54) is 62.5 Å². The van der Waals surface area contributed by atoms with Crippen LogP contribution in [0.2, 0.25) is 0 Å². The van der Waals surface area contributed by atoms with Crippen LogP contribution in [-0.2, 0) is 44.8 Å². The molecule has 14 nitrogen and oxygen atoms in total. The third kappa shape index (κ3) is 12.7. The van der Waals surface area contributed by atoms with Crippen LogP contribution in [0.4, 0.5) is 4.79 Å². The molecule has 258 valence electrons. The molecular formula is C32H51N5O9. The highest BCUT2D eigenvalue weighted by atomic mass is 16.5. The Bertz CT molecular complexity index is 1270. The van der Waals surface area contributed by atoms with Gasteiger partial charge < -0.3 is 40.8 Å². The highest BCUT2D eigenvalue weighted by Crippen LogP contribution is 2.14. The van der Waals surface area contributed by atoms with Gasteiger partial charge in [0.1, 0.15) is 34.8 Å². The quantitative estimate of drug-likeness (QED) is 0.187. The number of carbonyl (C=O) groups is 6. The smallest absolute Gasteiger partial charge is 0.408 e. The number of hydrogen-bond donors (Lipinski definition) is 5. The Labute approximate surface area is 271 Å². The number of nitrogens with one attached hydrogen (secondary N) is 5. The summed E-state index contributed by atoms with van der Waals surface area (Å²) in [5.74, 6) is -3.54. The molecule has 0 aliphatic rings. The molecule has 0 heterocycles. The Balaban J connectivity index is 3.01. The van der Waals surface area contributed by atoms with Crippen LogP contribution in [0.3, 0.4) is 0 Å². The highest BCUT2D eigenvalue weighted by Gasteiger charge is 2.41. The van der Waals surface area contributed by atoms with Gasteiger partial charge in [0, 0.05) is 0 Å². The summed E-state index contributed by atoms with van der Waals surface area (Å²) in [4.78, 5) is 77.5. The number of carbonyl (C=O) groups excluding carboxylic acids is 6. The van der Waals surface area contributed by atoms with E-state index in [0.717, 1.165) is 5.56 Å². The van der Waals surface area contributed by atoms with E-state index >= 15 is 0 Å². The summed E-state index contributed by atoms with van der Waals surface area (Å²) < 4.78 is 15.7. The second-order valence-corrected chi connectivity index (χ2v) is 14.0. The Morgan fingerprint density at radius 2 is 1.13 bits per heavy atom. The molecule has 5 amide bonds. The van der Waals surface area contributed by atoms with Gasteiger partial charge in [-0.25, -0.2) is 9.59 Å². The fourth-order valence-corrected chi connectivity index (χ4v) is 3.62. The minimum atomic E-state index is -1.57. The van der Waals surface area contributed by atoms with E-state index in [1.807, 2.05) is 6.07 Å². The van der Waals surface area contributed by atoms with Crippen LogP contribution in [-0.4, -0.2) is 83.2 Å². The van der Waals surface area contributed by atoms with Crippen LogP contribution in [0.5, 0.6) is 0 Å². The summed E-state index contributed by atoms with van der Waals surface area (Å²) >= 11 is 0. The third-order valence-corrected chi connectivity index (χ3v) is 6.62. The first-order valence-electron chi connectivity index (χ1n) is 14.8. The second kappa shape index (κ2) is 15.4. The Morgan fingerprint density at radius 3 is 1.63 bits per heavy atom. The first kappa shape index (κ1) is 39.8. The van der Waals surface area contributed by atoms with E-state index in [4.69, 9.17) is 14.2 Å². The van der Waals surface area contributed by atoms with E-state index in [9.17, 15) is 28.8 Å². The van der Waals surface area contributed by atoms with Crippen LogP contribution in [0.1, 0.15) is 81.7 Å². The molecule has 0 radical (unpaired) electrons. The lowest BCUT2D eigenvalue weighted by Crippen LogP contribution is -2.66. The van der Waals surface area contributed by atoms with E-state index < -0.39 is 69.5 Å². The van der Waals surface area contributed by atoms with Crippen molar-refractivity contribution in [1.82, 2.24) is 26.6 Å². The molecule has 5 N–H and O–H groups in total. The Kier molecular flexibility index (Phi) is 13.3. The second-order valence-electron chi connectivity index (χ2n) is 14.0. The monoisotopic (exact) mass is 649 g/mol. The van der Waals surface area contributed by atoms with Gasteiger partial charge in [0.25, 0.3) is 0 Å². The van der Waals surface area contributed by atoms with Crippen molar-refractivity contribution in [3.63, 3.8) is 0 Å². The van der Waals surface area contributed by atoms with Crippen molar-refractivity contribution in [2.45, 2.75) is 117 Å². The molecule has 0 saturated carbocycles. The Hall–Kier alpha value is -4.20. The van der Waals surface area contributed by atoms with E-state index in [0.29, 0.717) is 0 Å². The first-order valence-corrected chi connectivity index (χ1v) is 14.8. The average molecular weight is 650 g/mol. The zero-order valence-corrected chi connectivity index (χ0v) is 29.1. The maximum atomic E-state index is 13.4. The summed E-state index contributed by atoms with van der Waals surface area (Å²) in [7, 11) is 1.19. The summed E-state index contributed by atoms with van der Waals surface area (Å²) in [6.07, 6.45) is -0.830. The number of alkyl carbamates (subject to hydrolysis) is 1. The molecule has 0 aliphatic heterocycles. The molecule has 0 fully saturated rings. The van der Waals surface area contributed by atoms with Gasteiger partial charge in [0.15, 0.2) is 0 Å². The topological polar surface area (TPSA) is 190 Å². The Morgan fingerprint density at radius 1 is 0.652 bits per heavy atom. The zero-order chi connectivity index (χ0) is 35.7. The van der Waals surface area contributed by atoms with Crippen LogP contribution in [0.25, 0.3) is 0 Å². The van der Waals surface area contributed by atoms with E-state index in [2.05, 4.69) is 26.6 Å². The van der Waals surface area contributed by atoms with Crippen LogP contribution in [0, 0.1) is 0 Å². The maximum Gasteiger partial charge on any atom is 0.408 e. The van der Waals surface area contributed by atoms with E-state index in [-0.39, 0.29) is 13.2 Å². The van der Waals surface area contributed by atoms with Gasteiger partial charge >= 0.3 is 12.1 Å². The SMILES string of the molecule is COC(=O)C(C)(C)NC(=O)C(C)(C)NC(=O)[C@H](COC(C)(C)C)NC(=O)C(C)(C)NC(=O)C(C)(C)NC(=O)OCc1ccccc1. The minimum absolute atomic E-state index is 0.000133. The molecule has 1 rings (SSSR count). The number of ether oxygens (including phenoxy) is 3. The van der Waals surface area contributed by atoms with Gasteiger partial charge in [-0.2, -0.15) is 0 Å². The fraction of sp³-hybridized carbons (Fsp3) is 0.625. The molecule has 0 saturated heterocycles. The zero-order valence-electron chi connectivity index (χ0n) is 29.1. The molecule has 0 aliphatic carbocycles. The first-order chi connectivity index (χ1) is 20.8. The average Bonchev–Trinajstić information content (AvgIpc) is 2.92. The molecule has 0 bridgehead atoms. The highest BCUT2D eigenvalue weighted by molar-refractivity contribution is 5.99. The van der Waals surface area contributed by atoms with Gasteiger partial charge in [-0.3, -0.25) is 19.2 Å². The number of rotatable bonds is 14.